The van der Waals surface area contributed by atoms with Gasteiger partial charge in [0.1, 0.15) is 11.8 Å². The Kier molecular flexibility index (Phi) is 5.57. The SMILES string of the molecule is CCC(C)(C)n1nnnc1C(c1cc2ccc(OC)cc2[nH]c1=O)N1CCOCC1. The highest BCUT2D eigenvalue weighted by Crippen LogP contribution is 2.31. The van der Waals surface area contributed by atoms with Crippen molar-refractivity contribution in [1.29, 1.82) is 0 Å². The van der Waals surface area contributed by atoms with Crippen LogP contribution in [0.2, 0.25) is 0 Å². The van der Waals surface area contributed by atoms with E-state index in [4.69, 9.17) is 9.47 Å². The molecule has 9 nitrogen and oxygen atoms in total. The molecule has 0 aliphatic carbocycles. The summed E-state index contributed by atoms with van der Waals surface area (Å²) in [4.78, 5) is 18.4. The van der Waals surface area contributed by atoms with E-state index in [1.54, 1.807) is 7.11 Å². The highest BCUT2D eigenvalue weighted by atomic mass is 16.5. The molecule has 2 aromatic heterocycles. The van der Waals surface area contributed by atoms with Gasteiger partial charge >= 0.3 is 0 Å². The van der Waals surface area contributed by atoms with Crippen LogP contribution in [-0.4, -0.2) is 63.5 Å². The van der Waals surface area contributed by atoms with E-state index in [1.165, 1.54) is 0 Å². The summed E-state index contributed by atoms with van der Waals surface area (Å²) in [5.74, 6) is 1.37. The van der Waals surface area contributed by atoms with Crippen molar-refractivity contribution in [3.05, 3.63) is 46.0 Å². The molecule has 0 amide bonds. The van der Waals surface area contributed by atoms with Crippen LogP contribution in [0.4, 0.5) is 0 Å². The predicted octanol–water partition coefficient (Wildman–Crippen LogP) is 2.09. The molecule has 1 aromatic carbocycles. The average Bonchev–Trinajstić information content (AvgIpc) is 3.25. The minimum atomic E-state index is -0.370. The van der Waals surface area contributed by atoms with Crippen LogP contribution in [0.1, 0.15) is 44.6 Å². The van der Waals surface area contributed by atoms with Crippen LogP contribution in [0.5, 0.6) is 5.75 Å². The third-order valence-corrected chi connectivity index (χ3v) is 5.96. The summed E-state index contributed by atoms with van der Waals surface area (Å²) in [5.41, 5.74) is 0.922. The fourth-order valence-corrected chi connectivity index (χ4v) is 3.81. The van der Waals surface area contributed by atoms with Crippen molar-refractivity contribution < 1.29 is 9.47 Å². The number of nitrogens with zero attached hydrogens (tertiary/aromatic N) is 5. The number of fused-ring (bicyclic) bond motifs is 1. The molecule has 4 rings (SSSR count). The smallest absolute Gasteiger partial charge is 0.253 e. The third-order valence-electron chi connectivity index (χ3n) is 5.96. The van der Waals surface area contributed by atoms with Gasteiger partial charge in [0.25, 0.3) is 5.56 Å². The second-order valence-electron chi connectivity index (χ2n) is 8.17. The van der Waals surface area contributed by atoms with Gasteiger partial charge in [0.15, 0.2) is 5.82 Å². The number of hydrogen-bond acceptors (Lipinski definition) is 7. The quantitative estimate of drug-likeness (QED) is 0.662. The molecule has 1 aliphatic heterocycles. The molecule has 160 valence electrons. The van der Waals surface area contributed by atoms with Gasteiger partial charge in [-0.05, 0) is 54.3 Å². The van der Waals surface area contributed by atoms with E-state index >= 15 is 0 Å². The first-order chi connectivity index (χ1) is 14.4. The van der Waals surface area contributed by atoms with Gasteiger partial charge in [-0.2, -0.15) is 0 Å². The van der Waals surface area contributed by atoms with Crippen molar-refractivity contribution in [2.75, 3.05) is 33.4 Å². The molecule has 0 radical (unpaired) electrons. The fourth-order valence-electron chi connectivity index (χ4n) is 3.81. The minimum absolute atomic E-state index is 0.156. The lowest BCUT2D eigenvalue weighted by Crippen LogP contribution is -2.43. The maximum Gasteiger partial charge on any atom is 0.253 e. The molecule has 1 saturated heterocycles. The Hall–Kier alpha value is -2.78. The summed E-state index contributed by atoms with van der Waals surface area (Å²) in [7, 11) is 1.61. The van der Waals surface area contributed by atoms with Gasteiger partial charge in [-0.15, -0.1) is 5.10 Å². The first-order valence-corrected chi connectivity index (χ1v) is 10.3. The second kappa shape index (κ2) is 8.16. The van der Waals surface area contributed by atoms with Crippen molar-refractivity contribution in [1.82, 2.24) is 30.1 Å². The molecule has 1 fully saturated rings. The maximum absolute atomic E-state index is 13.2. The summed E-state index contributed by atoms with van der Waals surface area (Å²) in [6.45, 7) is 8.91. The summed E-state index contributed by atoms with van der Waals surface area (Å²) >= 11 is 0. The third kappa shape index (κ3) is 3.70. The summed E-state index contributed by atoms with van der Waals surface area (Å²) in [6.07, 6.45) is 0.856. The number of rotatable bonds is 6. The zero-order valence-electron chi connectivity index (χ0n) is 17.9. The highest BCUT2D eigenvalue weighted by Gasteiger charge is 2.34. The molecular weight excluding hydrogens is 384 g/mol. The number of tetrazole rings is 1. The Morgan fingerprint density at radius 3 is 2.73 bits per heavy atom. The van der Waals surface area contributed by atoms with Crippen LogP contribution in [0, 0.1) is 0 Å². The van der Waals surface area contributed by atoms with Crippen LogP contribution >= 0.6 is 0 Å². The van der Waals surface area contributed by atoms with Gasteiger partial charge in [-0.3, -0.25) is 9.69 Å². The van der Waals surface area contributed by atoms with Crippen LogP contribution in [-0.2, 0) is 10.3 Å². The van der Waals surface area contributed by atoms with E-state index in [0.29, 0.717) is 43.4 Å². The number of nitrogens with one attached hydrogen (secondary N) is 1. The predicted molar refractivity (Wildman–Crippen MR) is 113 cm³/mol. The Balaban J connectivity index is 1.89. The summed E-state index contributed by atoms with van der Waals surface area (Å²) in [5, 5.41) is 13.6. The molecule has 1 N–H and O–H groups in total. The molecule has 30 heavy (non-hydrogen) atoms. The number of benzene rings is 1. The van der Waals surface area contributed by atoms with Gasteiger partial charge in [0.05, 0.1) is 31.4 Å². The molecule has 0 bridgehead atoms. The first kappa shape index (κ1) is 20.5. The van der Waals surface area contributed by atoms with Crippen molar-refractivity contribution in [2.24, 2.45) is 0 Å². The minimum Gasteiger partial charge on any atom is -0.497 e. The average molecular weight is 412 g/mol. The zero-order valence-corrected chi connectivity index (χ0v) is 17.9. The Morgan fingerprint density at radius 1 is 1.27 bits per heavy atom. The molecule has 9 heteroatoms. The lowest BCUT2D eigenvalue weighted by Gasteiger charge is -2.35. The summed E-state index contributed by atoms with van der Waals surface area (Å²) in [6, 6.07) is 7.23. The van der Waals surface area contributed by atoms with E-state index < -0.39 is 0 Å². The summed E-state index contributed by atoms with van der Waals surface area (Å²) < 4.78 is 12.7. The zero-order chi connectivity index (χ0) is 21.3. The molecule has 0 saturated carbocycles. The number of H-pyrrole nitrogens is 1. The number of ether oxygens (including phenoxy) is 2. The molecule has 3 heterocycles. The van der Waals surface area contributed by atoms with Crippen LogP contribution in [0.3, 0.4) is 0 Å². The van der Waals surface area contributed by atoms with Crippen molar-refractivity contribution in [3.8, 4) is 5.75 Å². The van der Waals surface area contributed by atoms with Gasteiger partial charge in [0, 0.05) is 24.7 Å². The van der Waals surface area contributed by atoms with Gasteiger partial charge in [0.2, 0.25) is 0 Å². The maximum atomic E-state index is 13.2. The van der Waals surface area contributed by atoms with Crippen molar-refractivity contribution in [3.63, 3.8) is 0 Å². The molecule has 1 unspecified atom stereocenters. The number of methoxy groups -OCH3 is 1. The van der Waals surface area contributed by atoms with E-state index in [9.17, 15) is 4.79 Å². The normalized spacial score (nSPS) is 16.7. The molecule has 3 aromatic rings. The van der Waals surface area contributed by atoms with Gasteiger partial charge < -0.3 is 14.5 Å². The van der Waals surface area contributed by atoms with Crippen molar-refractivity contribution in [2.45, 2.75) is 38.8 Å². The Morgan fingerprint density at radius 2 is 2.03 bits per heavy atom. The number of aromatic amines is 1. The van der Waals surface area contributed by atoms with Crippen molar-refractivity contribution >= 4 is 10.9 Å². The van der Waals surface area contributed by atoms with E-state index in [0.717, 1.165) is 17.3 Å². The first-order valence-electron chi connectivity index (χ1n) is 10.3. The lowest BCUT2D eigenvalue weighted by atomic mass is 9.99. The number of aromatic nitrogens is 5. The lowest BCUT2D eigenvalue weighted by molar-refractivity contribution is 0.0204. The number of morpholine rings is 1. The van der Waals surface area contributed by atoms with Crippen LogP contribution in [0.25, 0.3) is 10.9 Å². The standard InChI is InChI=1S/C21H28N6O3/c1-5-21(2,3)27-19(23-24-25-27)18(26-8-10-30-11-9-26)16-12-14-6-7-15(29-4)13-17(14)22-20(16)28/h6-7,12-13,18H,5,8-11H2,1-4H3,(H,22,28). The van der Waals surface area contributed by atoms with Crippen LogP contribution in [0.15, 0.2) is 29.1 Å². The van der Waals surface area contributed by atoms with Gasteiger partial charge in [-0.1, -0.05) is 6.92 Å². The van der Waals surface area contributed by atoms with E-state index in [-0.39, 0.29) is 17.1 Å². The molecule has 1 aliphatic rings. The van der Waals surface area contributed by atoms with Gasteiger partial charge in [-0.25, -0.2) is 4.68 Å². The number of hydrogen-bond donors (Lipinski definition) is 1. The monoisotopic (exact) mass is 412 g/mol. The molecule has 1 atom stereocenters. The molecular formula is C21H28N6O3. The van der Waals surface area contributed by atoms with Crippen LogP contribution < -0.4 is 10.3 Å². The highest BCUT2D eigenvalue weighted by molar-refractivity contribution is 5.80. The Labute approximate surface area is 175 Å². The topological polar surface area (TPSA) is 98.2 Å². The van der Waals surface area contributed by atoms with E-state index in [1.807, 2.05) is 28.9 Å². The number of pyridine rings is 1. The van der Waals surface area contributed by atoms with E-state index in [2.05, 4.69) is 46.2 Å². The molecule has 0 spiro atoms. The second-order valence-corrected chi connectivity index (χ2v) is 8.17. The largest absolute Gasteiger partial charge is 0.497 e. The Bertz CT molecular complexity index is 1080. The fraction of sp³-hybridized carbons (Fsp3) is 0.524.